The van der Waals surface area contributed by atoms with E-state index in [2.05, 4.69) is 10.1 Å². The van der Waals surface area contributed by atoms with E-state index in [0.29, 0.717) is 22.4 Å². The van der Waals surface area contributed by atoms with E-state index in [4.69, 9.17) is 5.10 Å². The predicted octanol–water partition coefficient (Wildman–Crippen LogP) is 4.88. The number of aryl methyl sites for hydroxylation is 1. The van der Waals surface area contributed by atoms with Crippen molar-refractivity contribution in [2.45, 2.75) is 23.4 Å². The zero-order chi connectivity index (χ0) is 27.4. The third-order valence-corrected chi connectivity index (χ3v) is 7.61. The Balaban J connectivity index is 1.47. The van der Waals surface area contributed by atoms with E-state index in [9.17, 15) is 30.3 Å². The maximum Gasteiger partial charge on any atom is 0.301 e. The summed E-state index contributed by atoms with van der Waals surface area (Å²) in [4.78, 5) is 37.2. The van der Waals surface area contributed by atoms with Gasteiger partial charge in [0.1, 0.15) is 10.9 Å². The van der Waals surface area contributed by atoms with Gasteiger partial charge in [-0.25, -0.2) is 9.99 Å². The quantitative estimate of drug-likeness (QED) is 0.240. The highest BCUT2D eigenvalue weighted by molar-refractivity contribution is 8.01. The lowest BCUT2D eigenvalue weighted by Crippen LogP contribution is -2.27. The molecule has 194 valence electrons. The molecule has 0 spiro atoms. The van der Waals surface area contributed by atoms with Crippen LogP contribution in [0.3, 0.4) is 0 Å². The van der Waals surface area contributed by atoms with Crippen molar-refractivity contribution in [2.75, 3.05) is 5.01 Å². The summed E-state index contributed by atoms with van der Waals surface area (Å²) in [6, 6.07) is 16.3. The Kier molecular flexibility index (Phi) is 5.57. The summed E-state index contributed by atoms with van der Waals surface area (Å²) >= 11 is 1.36. The molecule has 14 nitrogen and oxygen atoms in total. The molecule has 39 heavy (non-hydrogen) atoms. The molecule has 3 aromatic carbocycles. The van der Waals surface area contributed by atoms with Crippen LogP contribution in [0.4, 0.5) is 22.7 Å². The average Bonchev–Trinajstić information content (AvgIpc) is 3.58. The summed E-state index contributed by atoms with van der Waals surface area (Å²) in [5, 5.41) is 45.4. The molecule has 0 radical (unpaired) electrons. The number of thioether (sulfide) groups is 1. The van der Waals surface area contributed by atoms with E-state index in [1.165, 1.54) is 41.0 Å². The van der Waals surface area contributed by atoms with Crippen molar-refractivity contribution in [3.8, 4) is 11.4 Å². The van der Waals surface area contributed by atoms with E-state index >= 15 is 0 Å². The van der Waals surface area contributed by atoms with Gasteiger partial charge in [0.25, 0.3) is 11.4 Å². The highest BCUT2D eigenvalue weighted by Crippen LogP contribution is 2.49. The highest BCUT2D eigenvalue weighted by atomic mass is 32.2. The van der Waals surface area contributed by atoms with Crippen molar-refractivity contribution in [2.24, 2.45) is 5.10 Å². The van der Waals surface area contributed by atoms with Gasteiger partial charge >= 0.3 is 5.69 Å². The lowest BCUT2D eigenvalue weighted by atomic mass is 10.0. The van der Waals surface area contributed by atoms with Crippen molar-refractivity contribution in [1.29, 1.82) is 0 Å². The minimum Gasteiger partial charge on any atom is -0.258 e. The van der Waals surface area contributed by atoms with E-state index in [1.54, 1.807) is 16.8 Å². The molecule has 2 aliphatic heterocycles. The minimum atomic E-state index is -0.709. The standard InChI is InChI=1S/C24H16N8O6S/c1-13-2-4-15(5-3-13)22-25-24-29(26-22)23-21(39-24)20(14-6-8-16(9-7-14)30(33)34)28(27-23)18-11-10-17(31(35)36)12-19(18)32(37)38/h2-12,20-21H,1H3/t20-,21-/m0/s1. The summed E-state index contributed by atoms with van der Waals surface area (Å²) in [5.74, 6) is 0.960. The number of hydrogen-bond donors (Lipinski definition) is 0. The molecular weight excluding hydrogens is 528 g/mol. The van der Waals surface area contributed by atoms with Crippen LogP contribution >= 0.6 is 11.8 Å². The number of anilines is 1. The zero-order valence-electron chi connectivity index (χ0n) is 19.9. The molecule has 0 amide bonds. The molecular formula is C24H16N8O6S. The van der Waals surface area contributed by atoms with Gasteiger partial charge in [-0.2, -0.15) is 9.78 Å². The Hall–Kier alpha value is -5.18. The first-order valence-corrected chi connectivity index (χ1v) is 12.4. The Morgan fingerprint density at radius 1 is 0.846 bits per heavy atom. The molecule has 0 saturated heterocycles. The van der Waals surface area contributed by atoms with Crippen LogP contribution in [0.15, 0.2) is 77.0 Å². The second-order valence-corrected chi connectivity index (χ2v) is 9.93. The number of nitro groups is 3. The average molecular weight is 545 g/mol. The fourth-order valence-corrected chi connectivity index (χ4v) is 5.77. The molecule has 0 fully saturated rings. The van der Waals surface area contributed by atoms with Gasteiger partial charge in [0.05, 0.1) is 26.9 Å². The van der Waals surface area contributed by atoms with Gasteiger partial charge in [-0.05, 0) is 30.7 Å². The van der Waals surface area contributed by atoms with Gasteiger partial charge in [0.15, 0.2) is 16.8 Å². The monoisotopic (exact) mass is 544 g/mol. The van der Waals surface area contributed by atoms with Gasteiger partial charge in [0.2, 0.25) is 0 Å². The van der Waals surface area contributed by atoms with E-state index < -0.39 is 37.4 Å². The van der Waals surface area contributed by atoms with Gasteiger partial charge in [0, 0.05) is 23.8 Å². The molecule has 0 aliphatic carbocycles. The Morgan fingerprint density at radius 2 is 1.51 bits per heavy atom. The van der Waals surface area contributed by atoms with Crippen molar-refractivity contribution in [3.05, 3.63) is 108 Å². The summed E-state index contributed by atoms with van der Waals surface area (Å²) < 4.78 is 1.58. The third kappa shape index (κ3) is 4.04. The smallest absolute Gasteiger partial charge is 0.258 e. The maximum atomic E-state index is 11.9. The number of non-ortho nitro benzene ring substituents is 2. The largest absolute Gasteiger partial charge is 0.301 e. The lowest BCUT2D eigenvalue weighted by Gasteiger charge is -2.26. The van der Waals surface area contributed by atoms with Crippen molar-refractivity contribution >= 4 is 40.3 Å². The summed E-state index contributed by atoms with van der Waals surface area (Å²) in [7, 11) is 0. The van der Waals surface area contributed by atoms with Crippen LogP contribution in [-0.2, 0) is 0 Å². The second kappa shape index (κ2) is 8.98. The van der Waals surface area contributed by atoms with Gasteiger partial charge in [-0.3, -0.25) is 30.3 Å². The number of benzene rings is 3. The topological polar surface area (TPSA) is 176 Å². The van der Waals surface area contributed by atoms with E-state index in [0.717, 1.165) is 17.2 Å². The number of fused-ring (bicyclic) bond motifs is 3. The van der Waals surface area contributed by atoms with Gasteiger partial charge in [-0.15, -0.1) is 5.10 Å². The normalized spacial score (nSPS) is 17.5. The van der Waals surface area contributed by atoms with Crippen LogP contribution in [0.2, 0.25) is 0 Å². The molecule has 0 bridgehead atoms. The van der Waals surface area contributed by atoms with Crippen LogP contribution in [0.25, 0.3) is 11.4 Å². The Bertz CT molecular complexity index is 1700. The fraction of sp³-hybridized carbons (Fsp3) is 0.125. The van der Waals surface area contributed by atoms with Gasteiger partial charge in [-0.1, -0.05) is 41.6 Å². The zero-order valence-corrected chi connectivity index (χ0v) is 20.8. The number of hydrogen-bond acceptors (Lipinski definition) is 11. The highest BCUT2D eigenvalue weighted by Gasteiger charge is 2.48. The van der Waals surface area contributed by atoms with E-state index in [-0.39, 0.29) is 11.4 Å². The number of aromatic nitrogens is 3. The number of hydrazone groups is 1. The maximum absolute atomic E-state index is 11.9. The molecule has 1 aromatic heterocycles. The second-order valence-electron chi connectivity index (χ2n) is 8.82. The van der Waals surface area contributed by atoms with E-state index in [1.807, 2.05) is 31.2 Å². The molecule has 2 aliphatic rings. The summed E-state index contributed by atoms with van der Waals surface area (Å²) in [6.07, 6.45) is 0. The van der Waals surface area contributed by atoms with Crippen molar-refractivity contribution < 1.29 is 14.8 Å². The SMILES string of the molecule is Cc1ccc(-c2nc3n(n2)C2=NN(c4ccc([N+](=O)[O-])cc4[N+](=O)[O-])[C@@H](c4ccc([N+](=O)[O-])cc4)[C@@H]2S3)cc1. The molecule has 0 saturated carbocycles. The number of nitro benzene ring substituents is 3. The predicted molar refractivity (Wildman–Crippen MR) is 141 cm³/mol. The number of rotatable bonds is 6. The van der Waals surface area contributed by atoms with Crippen LogP contribution < -0.4 is 5.01 Å². The fourth-order valence-electron chi connectivity index (χ4n) is 4.52. The van der Waals surface area contributed by atoms with Gasteiger partial charge < -0.3 is 0 Å². The molecule has 2 atom stereocenters. The molecule has 4 aromatic rings. The first-order chi connectivity index (χ1) is 18.7. The number of nitrogens with zero attached hydrogens (tertiary/aromatic N) is 8. The van der Waals surface area contributed by atoms with Crippen LogP contribution in [0.1, 0.15) is 17.2 Å². The third-order valence-electron chi connectivity index (χ3n) is 6.41. The van der Waals surface area contributed by atoms with Crippen LogP contribution in [0, 0.1) is 37.3 Å². The Morgan fingerprint density at radius 3 is 2.15 bits per heavy atom. The summed E-state index contributed by atoms with van der Waals surface area (Å²) in [5.41, 5.74) is 1.51. The van der Waals surface area contributed by atoms with Crippen molar-refractivity contribution in [1.82, 2.24) is 14.8 Å². The molecule has 0 unspecified atom stereocenters. The molecule has 3 heterocycles. The minimum absolute atomic E-state index is 0.0388. The molecule has 0 N–H and O–H groups in total. The first kappa shape index (κ1) is 24.2. The molecule has 6 rings (SSSR count). The van der Waals surface area contributed by atoms with Crippen molar-refractivity contribution in [3.63, 3.8) is 0 Å². The lowest BCUT2D eigenvalue weighted by molar-refractivity contribution is -0.393. The van der Waals surface area contributed by atoms with Crippen LogP contribution in [-0.4, -0.2) is 40.6 Å². The molecule has 15 heteroatoms. The Labute approximate surface area is 223 Å². The summed E-state index contributed by atoms with van der Waals surface area (Å²) in [6.45, 7) is 1.97. The first-order valence-electron chi connectivity index (χ1n) is 11.5. The van der Waals surface area contributed by atoms with Crippen LogP contribution in [0.5, 0.6) is 0 Å².